The maximum absolute atomic E-state index is 12.3. The molecule has 138 valence electrons. The molecule has 0 saturated heterocycles. The highest BCUT2D eigenvalue weighted by atomic mass is 35.5. The van der Waals surface area contributed by atoms with Gasteiger partial charge in [-0.05, 0) is 48.9 Å². The molecule has 0 saturated carbocycles. The van der Waals surface area contributed by atoms with E-state index in [-0.39, 0.29) is 12.5 Å². The second kappa shape index (κ2) is 7.86. The lowest BCUT2D eigenvalue weighted by Crippen LogP contribution is -2.22. The van der Waals surface area contributed by atoms with Gasteiger partial charge < -0.3 is 15.8 Å². The van der Waals surface area contributed by atoms with Crippen molar-refractivity contribution in [2.75, 3.05) is 11.9 Å². The number of nitrogens with two attached hydrogens (primary N) is 1. The molecule has 26 heavy (non-hydrogen) atoms. The SMILES string of the molecule is C[C@@H]1CCc2c(sc(NC(=O)COc3ccc(Cl)cc3Cl)c2C(N)=O)C1. The summed E-state index contributed by atoms with van der Waals surface area (Å²) in [6.45, 7) is 1.94. The van der Waals surface area contributed by atoms with E-state index in [0.717, 1.165) is 29.7 Å². The molecule has 3 N–H and O–H groups in total. The Morgan fingerprint density at radius 1 is 1.38 bits per heavy atom. The molecule has 1 aromatic carbocycles. The molecule has 5 nitrogen and oxygen atoms in total. The Hall–Kier alpha value is -1.76. The number of hydrogen-bond donors (Lipinski definition) is 2. The lowest BCUT2D eigenvalue weighted by molar-refractivity contribution is -0.118. The zero-order valence-corrected chi connectivity index (χ0v) is 16.4. The fourth-order valence-electron chi connectivity index (χ4n) is 3.00. The summed E-state index contributed by atoms with van der Waals surface area (Å²) in [5, 5.41) is 4.05. The third-order valence-electron chi connectivity index (χ3n) is 4.26. The number of thiophene rings is 1. The van der Waals surface area contributed by atoms with Gasteiger partial charge in [-0.1, -0.05) is 30.1 Å². The van der Waals surface area contributed by atoms with E-state index in [1.54, 1.807) is 12.1 Å². The van der Waals surface area contributed by atoms with Crippen LogP contribution in [0.5, 0.6) is 5.75 Å². The minimum absolute atomic E-state index is 0.238. The number of rotatable bonds is 5. The van der Waals surface area contributed by atoms with Crippen molar-refractivity contribution in [3.05, 3.63) is 44.2 Å². The standard InChI is InChI=1S/C18H18Cl2N2O3S/c1-9-2-4-11-14(6-9)26-18(16(11)17(21)24)22-15(23)8-25-13-5-3-10(19)7-12(13)20/h3,5,7,9H,2,4,6,8H2,1H3,(H2,21,24)(H,22,23)/t9-/m1/s1. The van der Waals surface area contributed by atoms with Gasteiger partial charge in [0.25, 0.3) is 11.8 Å². The van der Waals surface area contributed by atoms with Crippen LogP contribution in [0.25, 0.3) is 0 Å². The van der Waals surface area contributed by atoms with E-state index in [1.807, 2.05) is 0 Å². The van der Waals surface area contributed by atoms with Crippen molar-refractivity contribution in [1.29, 1.82) is 0 Å². The van der Waals surface area contributed by atoms with Gasteiger partial charge in [0.1, 0.15) is 10.8 Å². The Bertz CT molecular complexity index is 866. The summed E-state index contributed by atoms with van der Waals surface area (Å²) < 4.78 is 5.43. The number of carbonyl (C=O) groups excluding carboxylic acids is 2. The first-order valence-corrected chi connectivity index (χ1v) is 9.74. The first kappa shape index (κ1) is 19.0. The summed E-state index contributed by atoms with van der Waals surface area (Å²) in [4.78, 5) is 25.3. The first-order valence-electron chi connectivity index (χ1n) is 8.17. The van der Waals surface area contributed by atoms with Crippen molar-refractivity contribution in [2.45, 2.75) is 26.2 Å². The number of amides is 2. The van der Waals surface area contributed by atoms with E-state index < -0.39 is 5.91 Å². The van der Waals surface area contributed by atoms with Gasteiger partial charge in [-0.3, -0.25) is 9.59 Å². The van der Waals surface area contributed by atoms with Gasteiger partial charge in [-0.15, -0.1) is 11.3 Å². The Kier molecular flexibility index (Phi) is 5.75. The lowest BCUT2D eigenvalue weighted by atomic mass is 9.88. The predicted molar refractivity (Wildman–Crippen MR) is 105 cm³/mol. The van der Waals surface area contributed by atoms with Crippen LogP contribution < -0.4 is 15.8 Å². The number of hydrogen-bond acceptors (Lipinski definition) is 4. The molecular weight excluding hydrogens is 395 g/mol. The molecule has 0 unspecified atom stereocenters. The fraction of sp³-hybridized carbons (Fsp3) is 0.333. The van der Waals surface area contributed by atoms with Crippen LogP contribution in [-0.2, 0) is 17.6 Å². The molecule has 1 aromatic heterocycles. The molecule has 0 bridgehead atoms. The summed E-state index contributed by atoms with van der Waals surface area (Å²) in [6, 6.07) is 4.76. The van der Waals surface area contributed by atoms with Gasteiger partial charge in [-0.2, -0.15) is 0 Å². The maximum Gasteiger partial charge on any atom is 0.262 e. The average Bonchev–Trinajstić information content (AvgIpc) is 2.90. The molecule has 0 fully saturated rings. The van der Waals surface area contributed by atoms with E-state index in [0.29, 0.717) is 32.3 Å². The van der Waals surface area contributed by atoms with Gasteiger partial charge >= 0.3 is 0 Å². The van der Waals surface area contributed by atoms with Crippen LogP contribution in [0.3, 0.4) is 0 Å². The third-order valence-corrected chi connectivity index (χ3v) is 5.96. The van der Waals surface area contributed by atoms with Crippen LogP contribution in [-0.4, -0.2) is 18.4 Å². The van der Waals surface area contributed by atoms with Crippen molar-refractivity contribution < 1.29 is 14.3 Å². The van der Waals surface area contributed by atoms with Crippen LogP contribution >= 0.6 is 34.5 Å². The van der Waals surface area contributed by atoms with Crippen molar-refractivity contribution in [1.82, 2.24) is 0 Å². The molecule has 2 amide bonds. The highest BCUT2D eigenvalue weighted by Gasteiger charge is 2.27. The highest BCUT2D eigenvalue weighted by molar-refractivity contribution is 7.17. The van der Waals surface area contributed by atoms with Crippen LogP contribution in [0.2, 0.25) is 10.0 Å². The van der Waals surface area contributed by atoms with Gasteiger partial charge in [0, 0.05) is 9.90 Å². The van der Waals surface area contributed by atoms with E-state index in [2.05, 4.69) is 12.2 Å². The van der Waals surface area contributed by atoms with E-state index >= 15 is 0 Å². The van der Waals surface area contributed by atoms with Gasteiger partial charge in [0.15, 0.2) is 6.61 Å². The van der Waals surface area contributed by atoms with Gasteiger partial charge in [-0.25, -0.2) is 0 Å². The van der Waals surface area contributed by atoms with Crippen molar-refractivity contribution in [2.24, 2.45) is 11.7 Å². The molecule has 3 rings (SSSR count). The second-order valence-corrected chi connectivity index (χ2v) is 8.28. The van der Waals surface area contributed by atoms with Crippen LogP contribution in [0.15, 0.2) is 18.2 Å². The molecule has 0 aliphatic heterocycles. The zero-order valence-electron chi connectivity index (χ0n) is 14.1. The number of nitrogens with one attached hydrogen (secondary N) is 1. The third kappa shape index (κ3) is 4.14. The number of benzene rings is 1. The topological polar surface area (TPSA) is 81.4 Å². The van der Waals surface area contributed by atoms with E-state index in [1.165, 1.54) is 17.4 Å². The summed E-state index contributed by atoms with van der Waals surface area (Å²) in [7, 11) is 0. The van der Waals surface area contributed by atoms with Crippen LogP contribution in [0.1, 0.15) is 34.1 Å². The van der Waals surface area contributed by atoms with E-state index in [4.69, 9.17) is 33.7 Å². The molecule has 2 aromatic rings. The lowest BCUT2D eigenvalue weighted by Gasteiger charge is -2.18. The summed E-state index contributed by atoms with van der Waals surface area (Å²) in [5.74, 6) is 0.0145. The van der Waals surface area contributed by atoms with Crippen LogP contribution in [0, 0.1) is 5.92 Å². The summed E-state index contributed by atoms with van der Waals surface area (Å²) in [5.41, 5.74) is 6.94. The zero-order chi connectivity index (χ0) is 18.8. The highest BCUT2D eigenvalue weighted by Crippen LogP contribution is 2.39. The summed E-state index contributed by atoms with van der Waals surface area (Å²) >= 11 is 13.3. The molecule has 1 atom stereocenters. The number of fused-ring (bicyclic) bond motifs is 1. The normalized spacial score (nSPS) is 16.0. The fourth-order valence-corrected chi connectivity index (χ4v) is 4.89. The average molecular weight is 413 g/mol. The van der Waals surface area contributed by atoms with Gasteiger partial charge in [0.2, 0.25) is 0 Å². The number of carbonyl (C=O) groups is 2. The smallest absolute Gasteiger partial charge is 0.262 e. The Morgan fingerprint density at radius 3 is 2.85 bits per heavy atom. The van der Waals surface area contributed by atoms with Crippen molar-refractivity contribution >= 4 is 51.4 Å². The molecule has 1 aliphatic carbocycles. The number of halogens is 2. The number of primary amides is 1. The Labute approximate surface area is 165 Å². The number of anilines is 1. The minimum atomic E-state index is -0.519. The first-order chi connectivity index (χ1) is 12.3. The monoisotopic (exact) mass is 412 g/mol. The molecular formula is C18H18Cl2N2O3S. The predicted octanol–water partition coefficient (Wildman–Crippen LogP) is 4.30. The Morgan fingerprint density at radius 2 is 2.15 bits per heavy atom. The van der Waals surface area contributed by atoms with Crippen molar-refractivity contribution in [3.63, 3.8) is 0 Å². The minimum Gasteiger partial charge on any atom is -0.482 e. The molecule has 8 heteroatoms. The summed E-state index contributed by atoms with van der Waals surface area (Å²) in [6.07, 6.45) is 2.71. The molecule has 1 heterocycles. The van der Waals surface area contributed by atoms with Crippen molar-refractivity contribution in [3.8, 4) is 5.75 Å². The quantitative estimate of drug-likeness (QED) is 0.767. The van der Waals surface area contributed by atoms with Gasteiger partial charge in [0.05, 0.1) is 10.6 Å². The maximum atomic E-state index is 12.3. The van der Waals surface area contributed by atoms with Crippen LogP contribution in [0.4, 0.5) is 5.00 Å². The Balaban J connectivity index is 1.72. The largest absolute Gasteiger partial charge is 0.482 e. The van der Waals surface area contributed by atoms with E-state index in [9.17, 15) is 9.59 Å². The molecule has 1 aliphatic rings. The second-order valence-electron chi connectivity index (χ2n) is 6.33. The molecule has 0 spiro atoms. The number of ether oxygens (including phenoxy) is 1. The molecule has 0 radical (unpaired) electrons.